The van der Waals surface area contributed by atoms with Crippen LogP contribution in [-0.2, 0) is 0 Å². The number of benzene rings is 1. The topological polar surface area (TPSA) is 66.9 Å². The third kappa shape index (κ3) is 4.82. The minimum atomic E-state index is -0.195. The number of nitrogens with zero attached hydrogens (tertiary/aromatic N) is 2. The fourth-order valence-electron chi connectivity index (χ4n) is 2.95. The highest BCUT2D eigenvalue weighted by Gasteiger charge is 2.10. The summed E-state index contributed by atoms with van der Waals surface area (Å²) in [6.45, 7) is 2.57. The largest absolute Gasteiger partial charge is 0.350 e. The number of rotatable bonds is 6. The zero-order valence-electron chi connectivity index (χ0n) is 14.9. The van der Waals surface area contributed by atoms with Crippen molar-refractivity contribution in [2.24, 2.45) is 0 Å². The van der Waals surface area contributed by atoms with Gasteiger partial charge in [0.1, 0.15) is 11.5 Å². The van der Waals surface area contributed by atoms with E-state index in [1.807, 2.05) is 25.1 Å². The van der Waals surface area contributed by atoms with Crippen molar-refractivity contribution in [3.63, 3.8) is 0 Å². The zero-order valence-corrected chi connectivity index (χ0v) is 15.6. The van der Waals surface area contributed by atoms with Crippen molar-refractivity contribution in [1.29, 1.82) is 0 Å². The fraction of sp³-hybridized carbons (Fsp3) is 0.350. The van der Waals surface area contributed by atoms with Crippen LogP contribution in [0.3, 0.4) is 0 Å². The first-order valence-corrected chi connectivity index (χ1v) is 9.31. The van der Waals surface area contributed by atoms with Gasteiger partial charge in [0, 0.05) is 17.3 Å². The van der Waals surface area contributed by atoms with E-state index in [2.05, 4.69) is 26.7 Å². The van der Waals surface area contributed by atoms with E-state index < -0.39 is 0 Å². The van der Waals surface area contributed by atoms with E-state index in [1.165, 1.54) is 24.6 Å². The predicted molar refractivity (Wildman–Crippen MR) is 105 cm³/mol. The van der Waals surface area contributed by atoms with Crippen LogP contribution in [0.2, 0.25) is 5.02 Å². The Morgan fingerprint density at radius 2 is 2.12 bits per heavy atom. The van der Waals surface area contributed by atoms with Gasteiger partial charge in [-0.05, 0) is 56.7 Å². The minimum absolute atomic E-state index is 0.195. The van der Waals surface area contributed by atoms with E-state index >= 15 is 0 Å². The highest BCUT2D eigenvalue weighted by atomic mass is 35.5. The van der Waals surface area contributed by atoms with E-state index in [9.17, 15) is 4.79 Å². The second-order valence-electron chi connectivity index (χ2n) is 6.44. The van der Waals surface area contributed by atoms with E-state index in [1.54, 1.807) is 6.20 Å². The smallest absolute Gasteiger partial charge is 0.271 e. The Kier molecular flexibility index (Phi) is 6.23. The number of halogens is 1. The molecule has 3 rings (SSSR count). The summed E-state index contributed by atoms with van der Waals surface area (Å²) in [6.07, 6.45) is 11.1. The molecular formula is C20H23ClN4O. The van der Waals surface area contributed by atoms with Crippen molar-refractivity contribution in [3.05, 3.63) is 58.5 Å². The first kappa shape index (κ1) is 18.4. The van der Waals surface area contributed by atoms with Crippen molar-refractivity contribution < 1.29 is 4.79 Å². The monoisotopic (exact) mass is 370 g/mol. The van der Waals surface area contributed by atoms with Crippen LogP contribution in [0.25, 0.3) is 0 Å². The van der Waals surface area contributed by atoms with Gasteiger partial charge in [-0.3, -0.25) is 4.79 Å². The van der Waals surface area contributed by atoms with E-state index in [4.69, 9.17) is 11.6 Å². The predicted octanol–water partition coefficient (Wildman–Crippen LogP) is 4.80. The lowest BCUT2D eigenvalue weighted by molar-refractivity contribution is 0.0948. The SMILES string of the molecule is Cc1c(Cl)cccc1Nc1cnc(C(=O)NCCC2=CCCCC2)cn1. The van der Waals surface area contributed by atoms with Crippen molar-refractivity contribution in [2.45, 2.75) is 39.0 Å². The molecule has 0 aliphatic heterocycles. The summed E-state index contributed by atoms with van der Waals surface area (Å²) in [5, 5.41) is 6.77. The molecule has 1 amide bonds. The summed E-state index contributed by atoms with van der Waals surface area (Å²) >= 11 is 6.12. The molecule has 136 valence electrons. The van der Waals surface area contributed by atoms with E-state index in [-0.39, 0.29) is 5.91 Å². The van der Waals surface area contributed by atoms with Gasteiger partial charge >= 0.3 is 0 Å². The maximum atomic E-state index is 12.2. The Labute approximate surface area is 158 Å². The van der Waals surface area contributed by atoms with Crippen LogP contribution in [0, 0.1) is 6.92 Å². The molecule has 2 N–H and O–H groups in total. The molecule has 5 nitrogen and oxygen atoms in total. The van der Waals surface area contributed by atoms with Gasteiger partial charge < -0.3 is 10.6 Å². The number of hydrogen-bond acceptors (Lipinski definition) is 4. The molecule has 1 heterocycles. The number of carbonyl (C=O) groups excluding carboxylic acids is 1. The van der Waals surface area contributed by atoms with Gasteiger partial charge in [0.05, 0.1) is 12.4 Å². The summed E-state index contributed by atoms with van der Waals surface area (Å²) in [5.74, 6) is 0.374. The van der Waals surface area contributed by atoms with Gasteiger partial charge in [-0.1, -0.05) is 29.3 Å². The number of hydrogen-bond donors (Lipinski definition) is 2. The average Bonchev–Trinajstić information content (AvgIpc) is 2.67. The van der Waals surface area contributed by atoms with E-state index in [0.29, 0.717) is 23.1 Å². The quantitative estimate of drug-likeness (QED) is 0.716. The molecule has 26 heavy (non-hydrogen) atoms. The Balaban J connectivity index is 1.54. The Hall–Kier alpha value is -2.40. The van der Waals surface area contributed by atoms with Crippen molar-refractivity contribution >= 4 is 29.0 Å². The maximum Gasteiger partial charge on any atom is 0.271 e. The lowest BCUT2D eigenvalue weighted by Crippen LogP contribution is -2.26. The number of anilines is 2. The highest BCUT2D eigenvalue weighted by molar-refractivity contribution is 6.31. The molecule has 1 aromatic heterocycles. The van der Waals surface area contributed by atoms with Gasteiger partial charge in [0.25, 0.3) is 5.91 Å². The summed E-state index contributed by atoms with van der Waals surface area (Å²) in [5.41, 5.74) is 3.56. The van der Waals surface area contributed by atoms with E-state index in [0.717, 1.165) is 30.5 Å². The molecule has 0 saturated heterocycles. The van der Waals surface area contributed by atoms with Gasteiger partial charge in [-0.2, -0.15) is 0 Å². The molecule has 0 saturated carbocycles. The molecule has 0 spiro atoms. The third-order valence-electron chi connectivity index (χ3n) is 4.53. The van der Waals surface area contributed by atoms with Crippen LogP contribution in [0.4, 0.5) is 11.5 Å². The number of aromatic nitrogens is 2. The third-order valence-corrected chi connectivity index (χ3v) is 4.94. The van der Waals surface area contributed by atoms with Crippen LogP contribution in [0.5, 0.6) is 0 Å². The first-order valence-electron chi connectivity index (χ1n) is 8.94. The number of nitrogens with one attached hydrogen (secondary N) is 2. The lowest BCUT2D eigenvalue weighted by Gasteiger charge is -2.13. The first-order chi connectivity index (χ1) is 12.6. The van der Waals surface area contributed by atoms with Crippen LogP contribution in [0.15, 0.2) is 42.2 Å². The molecule has 0 radical (unpaired) electrons. The summed E-state index contributed by atoms with van der Waals surface area (Å²) in [6, 6.07) is 5.63. The molecule has 0 unspecified atom stereocenters. The molecule has 0 fully saturated rings. The second kappa shape index (κ2) is 8.81. The number of allylic oxidation sites excluding steroid dienone is 1. The van der Waals surface area contributed by atoms with Crippen molar-refractivity contribution in [2.75, 3.05) is 11.9 Å². The van der Waals surface area contributed by atoms with Crippen LogP contribution in [-0.4, -0.2) is 22.4 Å². The Bertz CT molecular complexity index is 802. The molecule has 2 aromatic rings. The molecule has 1 aromatic carbocycles. The van der Waals surface area contributed by atoms with Gasteiger partial charge in [-0.15, -0.1) is 0 Å². The summed E-state index contributed by atoms with van der Waals surface area (Å²) in [4.78, 5) is 20.7. The van der Waals surface area contributed by atoms with Crippen LogP contribution >= 0.6 is 11.6 Å². The number of carbonyl (C=O) groups is 1. The molecule has 0 atom stereocenters. The zero-order chi connectivity index (χ0) is 18.4. The molecule has 0 bridgehead atoms. The second-order valence-corrected chi connectivity index (χ2v) is 6.85. The minimum Gasteiger partial charge on any atom is -0.350 e. The van der Waals surface area contributed by atoms with Gasteiger partial charge in [0.2, 0.25) is 0 Å². The number of amides is 1. The van der Waals surface area contributed by atoms with Gasteiger partial charge in [0.15, 0.2) is 0 Å². The maximum absolute atomic E-state index is 12.2. The Morgan fingerprint density at radius 1 is 1.23 bits per heavy atom. The normalized spacial score (nSPS) is 13.8. The average molecular weight is 371 g/mol. The Morgan fingerprint density at radius 3 is 2.85 bits per heavy atom. The molecular weight excluding hydrogens is 348 g/mol. The molecule has 1 aliphatic carbocycles. The molecule has 1 aliphatic rings. The standard InChI is InChI=1S/C20H23ClN4O/c1-14-16(21)8-5-9-17(14)25-19-13-23-18(12-24-19)20(26)22-11-10-15-6-3-2-4-7-15/h5-6,8-9,12-13H,2-4,7,10-11H2,1H3,(H,22,26)(H,24,25). The van der Waals surface area contributed by atoms with Gasteiger partial charge in [-0.25, -0.2) is 9.97 Å². The van der Waals surface area contributed by atoms with Crippen LogP contribution < -0.4 is 10.6 Å². The van der Waals surface area contributed by atoms with Crippen molar-refractivity contribution in [1.82, 2.24) is 15.3 Å². The molecule has 6 heteroatoms. The lowest BCUT2D eigenvalue weighted by atomic mass is 9.97. The fourth-order valence-corrected chi connectivity index (χ4v) is 3.12. The summed E-state index contributed by atoms with van der Waals surface area (Å²) < 4.78 is 0. The van der Waals surface area contributed by atoms with Crippen LogP contribution in [0.1, 0.15) is 48.2 Å². The highest BCUT2D eigenvalue weighted by Crippen LogP contribution is 2.25. The summed E-state index contributed by atoms with van der Waals surface area (Å²) in [7, 11) is 0. The van der Waals surface area contributed by atoms with Crippen molar-refractivity contribution in [3.8, 4) is 0 Å².